The van der Waals surface area contributed by atoms with Gasteiger partial charge in [-0.3, -0.25) is 0 Å². The molecule has 15 heteroatoms. The molecule has 0 unspecified atom stereocenters. The number of nitrogens with one attached hydrogen (secondary N) is 1. The van der Waals surface area contributed by atoms with E-state index < -0.39 is 51.7 Å². The van der Waals surface area contributed by atoms with E-state index in [-0.39, 0.29) is 23.9 Å². The minimum atomic E-state index is -5.13. The van der Waals surface area contributed by atoms with E-state index in [2.05, 4.69) is 15.3 Å². The zero-order valence-corrected chi connectivity index (χ0v) is 24.4. The van der Waals surface area contributed by atoms with Crippen molar-refractivity contribution >= 4 is 35.4 Å². The average molecular weight is 679 g/mol. The van der Waals surface area contributed by atoms with E-state index in [9.17, 15) is 32.7 Å². The van der Waals surface area contributed by atoms with Gasteiger partial charge in [-0.25, -0.2) is 4.79 Å². The fraction of sp³-hybridized carbons (Fsp3) is 0.480. The molecule has 0 bridgehead atoms. The van der Waals surface area contributed by atoms with E-state index in [1.165, 1.54) is 4.93 Å². The number of hydrogen-bond acceptors (Lipinski definition) is 8. The van der Waals surface area contributed by atoms with Crippen LogP contribution in [0.5, 0.6) is 5.75 Å². The Bertz CT molecular complexity index is 1190. The molecule has 2 amide bonds. The third kappa shape index (κ3) is 7.85. The van der Waals surface area contributed by atoms with Gasteiger partial charge < -0.3 is 4.90 Å². The number of benzene rings is 1. The number of halogens is 4. The number of alkyl halides is 4. The van der Waals surface area contributed by atoms with Crippen LogP contribution in [-0.4, -0.2) is 81.3 Å². The molecule has 0 spiro atoms. The molecule has 0 aliphatic carbocycles. The fourth-order valence-electron chi connectivity index (χ4n) is 4.02. The molecule has 3 rings (SSSR count). The summed E-state index contributed by atoms with van der Waals surface area (Å²) >= 11 is -1.46. The molecule has 1 aromatic heterocycles. The summed E-state index contributed by atoms with van der Waals surface area (Å²) in [6.45, 7) is 5.95. The topological polar surface area (TPSA) is 128 Å². The first kappa shape index (κ1) is 31.2. The number of aliphatic carboxylic acids is 1. The van der Waals surface area contributed by atoms with Gasteiger partial charge in [0.15, 0.2) is 0 Å². The molecule has 1 aliphatic heterocycles. The van der Waals surface area contributed by atoms with Crippen molar-refractivity contribution in [1.82, 2.24) is 14.9 Å². The Balaban J connectivity index is 1.87. The van der Waals surface area contributed by atoms with E-state index in [0.29, 0.717) is 40.6 Å². The maximum absolute atomic E-state index is 13.3. The average Bonchev–Trinajstić information content (AvgIpc) is 3.46. The van der Waals surface area contributed by atoms with Crippen molar-refractivity contribution in [1.29, 1.82) is 0 Å². The van der Waals surface area contributed by atoms with Crippen molar-refractivity contribution in [3.05, 3.63) is 36.0 Å². The summed E-state index contributed by atoms with van der Waals surface area (Å²) in [5.41, 5.74) is 0.315. The van der Waals surface area contributed by atoms with Gasteiger partial charge in [-0.15, -0.1) is 0 Å². The molecule has 2 aromatic rings. The Morgan fingerprint density at radius 1 is 1.15 bits per heavy atom. The zero-order valence-electron chi connectivity index (χ0n) is 22.2. The number of aromatic nitrogens is 2. The molecule has 1 fully saturated rings. The van der Waals surface area contributed by atoms with Gasteiger partial charge in [-0.2, -0.15) is 0 Å². The van der Waals surface area contributed by atoms with Gasteiger partial charge in [0, 0.05) is 13.1 Å². The molecule has 1 aromatic carbocycles. The van der Waals surface area contributed by atoms with Gasteiger partial charge in [0.05, 0.1) is 0 Å². The predicted molar refractivity (Wildman–Crippen MR) is 137 cm³/mol. The third-order valence-corrected chi connectivity index (χ3v) is 8.07. The number of carboxylic acid groups (broad SMARTS) is 1. The van der Waals surface area contributed by atoms with Crippen molar-refractivity contribution in [2.24, 2.45) is 0 Å². The first-order chi connectivity index (χ1) is 19.0. The molecular weight excluding hydrogens is 648 g/mol. The van der Waals surface area contributed by atoms with Crippen LogP contribution in [0.2, 0.25) is 0 Å². The van der Waals surface area contributed by atoms with E-state index in [0.717, 1.165) is 19.0 Å². The Kier molecular flexibility index (Phi) is 10.8. The Morgan fingerprint density at radius 3 is 2.30 bits per heavy atom. The quantitative estimate of drug-likeness (QED) is 0.199. The van der Waals surface area contributed by atoms with Crippen LogP contribution in [0, 0.1) is 0 Å². The van der Waals surface area contributed by atoms with E-state index in [1.54, 1.807) is 34.1 Å². The van der Waals surface area contributed by atoms with Crippen LogP contribution in [-0.2, 0) is 16.0 Å². The maximum atomic E-state index is 13.3. The van der Waals surface area contributed by atoms with Crippen molar-refractivity contribution in [2.45, 2.75) is 45.3 Å². The van der Waals surface area contributed by atoms with Crippen LogP contribution in [0.25, 0.3) is 0 Å². The van der Waals surface area contributed by atoms with Gasteiger partial charge in [-0.05, 0) is 12.8 Å². The fourth-order valence-corrected chi connectivity index (χ4v) is 5.61. The second kappa shape index (κ2) is 13.8. The Labute approximate surface area is 240 Å². The minimum absolute atomic E-state index is 0.0753. The number of carbonyl (C=O) groups is 3. The van der Waals surface area contributed by atoms with Gasteiger partial charge in [0.25, 0.3) is 0 Å². The van der Waals surface area contributed by atoms with Gasteiger partial charge in [0.2, 0.25) is 0 Å². The monoisotopic (exact) mass is 679 g/mol. The van der Waals surface area contributed by atoms with E-state index >= 15 is 0 Å². The summed E-state index contributed by atoms with van der Waals surface area (Å²) in [5, 5.41) is 12.7. The number of carboxylic acids is 1. The van der Waals surface area contributed by atoms with Crippen LogP contribution in [0.1, 0.15) is 32.3 Å². The summed E-state index contributed by atoms with van der Waals surface area (Å²) in [6, 6.07) is 4.98. The summed E-state index contributed by atoms with van der Waals surface area (Å²) in [4.78, 5) is 49.9. The number of nitrogens with zero attached hydrogens (tertiary/aromatic N) is 5. The number of carbonyl (C=O) groups excluding carboxylic acids is 2. The van der Waals surface area contributed by atoms with Crippen LogP contribution < -0.4 is 39.5 Å². The van der Waals surface area contributed by atoms with Gasteiger partial charge in [-0.1, -0.05) is 0 Å². The number of rotatable bonds is 11. The molecule has 0 saturated carbocycles. The summed E-state index contributed by atoms with van der Waals surface area (Å²) in [6.07, 6.45) is -2.70. The molecular formula is C25H31F3IN6O5-. The summed E-state index contributed by atoms with van der Waals surface area (Å²) in [7, 11) is 0. The second-order valence-electron chi connectivity index (χ2n) is 8.77. The van der Waals surface area contributed by atoms with E-state index in [4.69, 9.17) is 4.74 Å². The van der Waals surface area contributed by atoms with Crippen molar-refractivity contribution in [3.63, 3.8) is 0 Å². The standard InChI is InChI=1S/C25H31F3IN6O5/c1-4-33(5-2)23-30-15-19(35(29-3)22(38)25(26,27)28)20(32-23)31-18(21(36)37)14-16-8-10-17(11-9-16)40-24(39)34-12-6-7-13-34/h8-11,15,18H,4-7,12-14H2,1-3H3,(H,36,37)(H,30,31,32)/q-1/t18-/m0/s1. The van der Waals surface area contributed by atoms with Crippen LogP contribution in [0.3, 0.4) is 0 Å². The molecule has 1 saturated heterocycles. The molecule has 0 radical (unpaired) electrons. The van der Waals surface area contributed by atoms with Crippen molar-refractivity contribution < 1.29 is 58.9 Å². The van der Waals surface area contributed by atoms with Crippen LogP contribution in [0.15, 0.2) is 30.5 Å². The number of anilines is 3. The number of likely N-dealkylation sites (tertiary alicyclic amines) is 1. The predicted octanol–water partition coefficient (Wildman–Crippen LogP) is 0.554. The molecule has 2 heterocycles. The van der Waals surface area contributed by atoms with Crippen molar-refractivity contribution in [2.75, 3.05) is 44.4 Å². The number of amides is 2. The third-order valence-electron chi connectivity index (χ3n) is 6.15. The Hall–Kier alpha value is -3.37. The first-order valence-electron chi connectivity index (χ1n) is 12.6. The van der Waals surface area contributed by atoms with Gasteiger partial charge in [0.1, 0.15) is 0 Å². The van der Waals surface area contributed by atoms with Crippen molar-refractivity contribution in [3.8, 4) is 5.75 Å². The van der Waals surface area contributed by atoms with Crippen LogP contribution >= 0.6 is 0 Å². The molecule has 1 aliphatic rings. The first-order valence-corrected chi connectivity index (χ1v) is 15.7. The van der Waals surface area contributed by atoms with E-state index in [1.807, 2.05) is 13.8 Å². The molecule has 11 nitrogen and oxygen atoms in total. The Morgan fingerprint density at radius 2 is 1.77 bits per heavy atom. The zero-order chi connectivity index (χ0) is 29.4. The molecule has 220 valence electrons. The molecule has 40 heavy (non-hydrogen) atoms. The molecule has 2 N–H and O–H groups in total. The SMILES string of the molecule is CCN(CC)c1ncc(N([I-]C)C(=O)C(F)(F)F)c(N[C@@H](Cc2ccc(OC(=O)N3CCCC3)cc2)C(=O)O)n1. The normalized spacial score (nSPS) is 14.1. The number of hydrogen-bond donors (Lipinski definition) is 2. The molecule has 1 atom stereocenters. The summed E-state index contributed by atoms with van der Waals surface area (Å²) in [5.74, 6) is -3.07. The van der Waals surface area contributed by atoms with Crippen LogP contribution in [0.4, 0.5) is 35.4 Å². The van der Waals surface area contributed by atoms with Gasteiger partial charge >= 0.3 is 205 Å². The second-order valence-corrected chi connectivity index (χ2v) is 10.7. The summed E-state index contributed by atoms with van der Waals surface area (Å²) < 4.78 is 45.9. The number of ether oxygens (including phenoxy) is 1.